The lowest BCUT2D eigenvalue weighted by atomic mass is 10.1. The standard InChI is InChI=1S/C18H21ClFN4O7PS/c1-18(2,3)33(28,29)15-7-13-11(10-6-12(19)17(21)23-16(10)20)8-22-24(13)9-14(15)30-4-5-31-32(25,26)27/h6-9H,4-5H2,1-3H3,(H2,21,23)(H2,25,26,27). The first kappa shape index (κ1) is 25.3. The highest BCUT2D eigenvalue weighted by Gasteiger charge is 2.34. The summed E-state index contributed by atoms with van der Waals surface area (Å²) >= 11 is 5.98. The van der Waals surface area contributed by atoms with Gasteiger partial charge in [0.25, 0.3) is 0 Å². The number of fused-ring (bicyclic) bond motifs is 1. The third-order valence-electron chi connectivity index (χ3n) is 4.53. The Morgan fingerprint density at radius 1 is 1.24 bits per heavy atom. The minimum Gasteiger partial charge on any atom is -0.488 e. The molecule has 0 fully saturated rings. The number of phosphoric acid groups is 1. The molecule has 3 aromatic rings. The van der Waals surface area contributed by atoms with Crippen molar-refractivity contribution >= 4 is 40.6 Å². The summed E-state index contributed by atoms with van der Waals surface area (Å²) in [5, 5.41) is 4.13. The van der Waals surface area contributed by atoms with E-state index < -0.39 is 35.0 Å². The zero-order valence-corrected chi connectivity index (χ0v) is 20.2. The summed E-state index contributed by atoms with van der Waals surface area (Å²) in [6, 6.07) is 2.53. The number of sulfone groups is 1. The molecule has 0 saturated carbocycles. The van der Waals surface area contributed by atoms with E-state index in [2.05, 4.69) is 14.6 Å². The molecular formula is C18H21ClFN4O7PS. The molecule has 0 spiro atoms. The number of anilines is 1. The van der Waals surface area contributed by atoms with Crippen molar-refractivity contribution in [2.24, 2.45) is 0 Å². The molecule has 4 N–H and O–H groups in total. The maximum Gasteiger partial charge on any atom is 0.469 e. The van der Waals surface area contributed by atoms with Crippen LogP contribution in [-0.4, -0.2) is 50.8 Å². The number of nitrogen functional groups attached to an aromatic ring is 1. The molecule has 0 aromatic carbocycles. The van der Waals surface area contributed by atoms with Gasteiger partial charge in [-0.1, -0.05) is 11.6 Å². The van der Waals surface area contributed by atoms with E-state index in [-0.39, 0.29) is 44.7 Å². The molecule has 0 bridgehead atoms. The summed E-state index contributed by atoms with van der Waals surface area (Å²) in [6.07, 6.45) is 2.56. The summed E-state index contributed by atoms with van der Waals surface area (Å²) in [5.41, 5.74) is 5.93. The second-order valence-electron chi connectivity index (χ2n) is 7.87. The fraction of sp³-hybridized carbons (Fsp3) is 0.333. The van der Waals surface area contributed by atoms with Gasteiger partial charge in [0.15, 0.2) is 15.6 Å². The molecule has 0 unspecified atom stereocenters. The SMILES string of the molecule is CC(C)(C)S(=O)(=O)c1cc2c(-c3cc(Cl)c(N)nc3F)cnn2cc1OCCOP(=O)(O)O. The van der Waals surface area contributed by atoms with E-state index in [4.69, 9.17) is 31.9 Å². The van der Waals surface area contributed by atoms with Gasteiger partial charge in [0, 0.05) is 11.1 Å². The molecule has 0 aliphatic rings. The average Bonchev–Trinajstić information content (AvgIpc) is 3.08. The Morgan fingerprint density at radius 2 is 1.91 bits per heavy atom. The average molecular weight is 523 g/mol. The van der Waals surface area contributed by atoms with Crippen molar-refractivity contribution in [1.82, 2.24) is 14.6 Å². The van der Waals surface area contributed by atoms with Crippen LogP contribution < -0.4 is 10.5 Å². The minimum absolute atomic E-state index is 0.0123. The van der Waals surface area contributed by atoms with Crippen LogP contribution in [0.15, 0.2) is 29.4 Å². The van der Waals surface area contributed by atoms with Crippen molar-refractivity contribution in [2.45, 2.75) is 30.4 Å². The van der Waals surface area contributed by atoms with Crippen molar-refractivity contribution in [2.75, 3.05) is 18.9 Å². The minimum atomic E-state index is -4.72. The number of rotatable bonds is 7. The number of ether oxygens (including phenoxy) is 1. The lowest BCUT2D eigenvalue weighted by molar-refractivity contribution is 0.159. The molecule has 180 valence electrons. The normalized spacial score (nSPS) is 12.9. The molecule has 15 heteroatoms. The second-order valence-corrected chi connectivity index (χ2v) is 12.2. The number of halogens is 2. The van der Waals surface area contributed by atoms with Crippen LogP contribution in [0.25, 0.3) is 16.6 Å². The van der Waals surface area contributed by atoms with Crippen LogP contribution in [0.3, 0.4) is 0 Å². The van der Waals surface area contributed by atoms with Crippen molar-refractivity contribution in [1.29, 1.82) is 0 Å². The highest BCUT2D eigenvalue weighted by Crippen LogP contribution is 2.38. The third-order valence-corrected chi connectivity index (χ3v) is 7.86. The van der Waals surface area contributed by atoms with Gasteiger partial charge in [-0.15, -0.1) is 0 Å². The summed E-state index contributed by atoms with van der Waals surface area (Å²) in [6.45, 7) is 3.63. The highest BCUT2D eigenvalue weighted by molar-refractivity contribution is 7.92. The first-order valence-corrected chi connectivity index (χ1v) is 12.7. The van der Waals surface area contributed by atoms with E-state index in [9.17, 15) is 17.4 Å². The van der Waals surface area contributed by atoms with Crippen LogP contribution in [0.1, 0.15) is 20.8 Å². The van der Waals surface area contributed by atoms with E-state index in [1.807, 2.05) is 0 Å². The molecule has 0 amide bonds. The number of aromatic nitrogens is 3. The largest absolute Gasteiger partial charge is 0.488 e. The van der Waals surface area contributed by atoms with Gasteiger partial charge < -0.3 is 20.3 Å². The smallest absolute Gasteiger partial charge is 0.469 e. The molecule has 0 aliphatic heterocycles. The first-order chi connectivity index (χ1) is 15.1. The molecule has 33 heavy (non-hydrogen) atoms. The Balaban J connectivity index is 2.15. The van der Waals surface area contributed by atoms with Crippen molar-refractivity contribution in [3.05, 3.63) is 35.5 Å². The first-order valence-electron chi connectivity index (χ1n) is 9.32. The van der Waals surface area contributed by atoms with E-state index in [1.165, 1.54) is 49.8 Å². The van der Waals surface area contributed by atoms with Crippen molar-refractivity contribution < 1.29 is 36.4 Å². The Labute approximate surface area is 193 Å². The molecule has 0 aliphatic carbocycles. The van der Waals surface area contributed by atoms with Crippen LogP contribution >= 0.6 is 19.4 Å². The highest BCUT2D eigenvalue weighted by atomic mass is 35.5. The van der Waals surface area contributed by atoms with Crippen LogP contribution in [0, 0.1) is 5.95 Å². The zero-order chi connectivity index (χ0) is 24.8. The number of phosphoric ester groups is 1. The van der Waals surface area contributed by atoms with Gasteiger partial charge in [0.2, 0.25) is 5.95 Å². The van der Waals surface area contributed by atoms with Crippen LogP contribution in [0.2, 0.25) is 5.02 Å². The molecule has 0 radical (unpaired) electrons. The van der Waals surface area contributed by atoms with Gasteiger partial charge in [0.1, 0.15) is 17.3 Å². The third kappa shape index (κ3) is 5.29. The number of nitrogens with two attached hydrogens (primary N) is 1. The molecule has 11 nitrogen and oxygen atoms in total. The van der Waals surface area contributed by atoms with Gasteiger partial charge in [-0.3, -0.25) is 4.52 Å². The van der Waals surface area contributed by atoms with Crippen LogP contribution in [0.4, 0.5) is 10.2 Å². The number of pyridine rings is 2. The number of nitrogens with zero attached hydrogens (tertiary/aromatic N) is 3. The Bertz CT molecular complexity index is 1370. The molecule has 0 atom stereocenters. The summed E-state index contributed by atoms with van der Waals surface area (Å²) in [5.74, 6) is -1.24. The zero-order valence-electron chi connectivity index (χ0n) is 17.7. The fourth-order valence-corrected chi connectivity index (χ4v) is 4.59. The quantitative estimate of drug-likeness (QED) is 0.238. The van der Waals surface area contributed by atoms with Gasteiger partial charge >= 0.3 is 7.82 Å². The predicted octanol–water partition coefficient (Wildman–Crippen LogP) is 2.83. The maximum atomic E-state index is 14.5. The van der Waals surface area contributed by atoms with Crippen molar-refractivity contribution in [3.63, 3.8) is 0 Å². The Hall–Kier alpha value is -2.28. The summed E-state index contributed by atoms with van der Waals surface area (Å²) in [7, 11) is -8.70. The summed E-state index contributed by atoms with van der Waals surface area (Å²) in [4.78, 5) is 20.9. The second kappa shape index (κ2) is 8.82. The molecule has 3 rings (SSSR count). The van der Waals surface area contributed by atoms with E-state index in [0.717, 1.165) is 0 Å². The Morgan fingerprint density at radius 3 is 2.52 bits per heavy atom. The topological polar surface area (TPSA) is 166 Å². The lowest BCUT2D eigenvalue weighted by Crippen LogP contribution is -2.28. The van der Waals surface area contributed by atoms with Gasteiger partial charge in [-0.25, -0.2) is 22.5 Å². The number of hydrogen-bond acceptors (Lipinski definition) is 8. The number of hydrogen-bond donors (Lipinski definition) is 3. The van der Waals surface area contributed by atoms with Gasteiger partial charge in [0.05, 0.1) is 34.3 Å². The Kier molecular flexibility index (Phi) is 6.77. The molecular weight excluding hydrogens is 502 g/mol. The fourth-order valence-electron chi connectivity index (χ4n) is 2.82. The lowest BCUT2D eigenvalue weighted by Gasteiger charge is -2.22. The predicted molar refractivity (Wildman–Crippen MR) is 118 cm³/mol. The van der Waals surface area contributed by atoms with Gasteiger partial charge in [-0.2, -0.15) is 9.49 Å². The maximum absolute atomic E-state index is 14.5. The molecule has 0 saturated heterocycles. The molecule has 3 heterocycles. The van der Waals surface area contributed by atoms with E-state index >= 15 is 0 Å². The van der Waals surface area contributed by atoms with E-state index in [1.54, 1.807) is 0 Å². The van der Waals surface area contributed by atoms with Crippen LogP contribution in [-0.2, 0) is 18.9 Å². The monoisotopic (exact) mass is 522 g/mol. The summed E-state index contributed by atoms with van der Waals surface area (Å²) < 4.78 is 61.7. The van der Waals surface area contributed by atoms with E-state index in [0.29, 0.717) is 0 Å². The van der Waals surface area contributed by atoms with Crippen molar-refractivity contribution in [3.8, 4) is 16.9 Å². The molecule has 3 aromatic heterocycles. The van der Waals surface area contributed by atoms with Gasteiger partial charge in [-0.05, 0) is 32.9 Å². The van der Waals surface area contributed by atoms with Crippen LogP contribution in [0.5, 0.6) is 5.75 Å².